The van der Waals surface area contributed by atoms with E-state index in [-0.39, 0.29) is 16.5 Å². The minimum Gasteiger partial charge on any atom is -0.364 e. The third kappa shape index (κ3) is 2.34. The Morgan fingerprint density at radius 2 is 1.71 bits per heavy atom. The molecule has 1 atom stereocenters. The average Bonchev–Trinajstić information content (AvgIpc) is 3.11. The molecule has 120 valence electrons. The van der Waals surface area contributed by atoms with Gasteiger partial charge in [-0.15, -0.1) is 0 Å². The minimum atomic E-state index is -0.367. The van der Waals surface area contributed by atoms with E-state index < -0.39 is 0 Å². The van der Waals surface area contributed by atoms with E-state index in [2.05, 4.69) is 5.32 Å². The van der Waals surface area contributed by atoms with Gasteiger partial charge in [-0.2, -0.15) is 0 Å². The quantitative estimate of drug-likeness (QED) is 0.697. The van der Waals surface area contributed by atoms with Crippen LogP contribution in [0.2, 0.25) is 0 Å². The largest absolute Gasteiger partial charge is 0.364 e. The van der Waals surface area contributed by atoms with Crippen LogP contribution < -0.4 is 5.32 Å². The summed E-state index contributed by atoms with van der Waals surface area (Å²) >= 11 is 0. The number of fused-ring (bicyclic) bond motifs is 1. The second-order valence-electron chi connectivity index (χ2n) is 5.88. The van der Waals surface area contributed by atoms with Crippen molar-refractivity contribution in [3.05, 3.63) is 99.5 Å². The van der Waals surface area contributed by atoms with Crippen molar-refractivity contribution in [2.24, 2.45) is 0 Å². The molecule has 0 bridgehead atoms. The van der Waals surface area contributed by atoms with Gasteiger partial charge in [0.2, 0.25) is 0 Å². The Labute approximate surface area is 140 Å². The van der Waals surface area contributed by atoms with Crippen LogP contribution >= 0.6 is 0 Å². The zero-order chi connectivity index (χ0) is 16.5. The second kappa shape index (κ2) is 5.85. The molecule has 0 aliphatic carbocycles. The summed E-state index contributed by atoms with van der Waals surface area (Å²) in [4.78, 5) is 13.5. The first-order chi connectivity index (χ1) is 11.8. The van der Waals surface area contributed by atoms with E-state index >= 15 is 0 Å². The maximum absolute atomic E-state index is 11.8. The van der Waals surface area contributed by atoms with Gasteiger partial charge in [0.1, 0.15) is 0 Å². The molecule has 0 spiro atoms. The van der Waals surface area contributed by atoms with Crippen LogP contribution in [0.5, 0.6) is 0 Å². The second-order valence-corrected chi connectivity index (χ2v) is 5.88. The Bertz CT molecular complexity index is 828. The van der Waals surface area contributed by atoms with Crippen LogP contribution in [0.15, 0.2) is 78.3 Å². The normalized spacial score (nSPS) is 19.6. The standard InChI is InChI=1S/C19H17N3O2/c23-22(24)18-16(14-7-3-1-4-8-14)13-17(15-9-5-2-6-10-15)21-12-11-20-19(18)21/h1-10,13,16,20H,11-12H2. The molecule has 24 heavy (non-hydrogen) atoms. The number of rotatable bonds is 3. The lowest BCUT2D eigenvalue weighted by Crippen LogP contribution is -2.29. The summed E-state index contributed by atoms with van der Waals surface area (Å²) in [5.41, 5.74) is 3.24. The molecule has 4 rings (SSSR count). The van der Waals surface area contributed by atoms with Gasteiger partial charge in [-0.1, -0.05) is 60.7 Å². The Kier molecular flexibility index (Phi) is 3.54. The van der Waals surface area contributed by atoms with Gasteiger partial charge >= 0.3 is 0 Å². The summed E-state index contributed by atoms with van der Waals surface area (Å²) < 4.78 is 0. The number of hydrogen-bond donors (Lipinski definition) is 1. The lowest BCUT2D eigenvalue weighted by molar-refractivity contribution is -0.431. The fraction of sp³-hybridized carbons (Fsp3) is 0.158. The summed E-state index contributed by atoms with van der Waals surface area (Å²) in [6.45, 7) is 1.44. The predicted octanol–water partition coefficient (Wildman–Crippen LogP) is 3.18. The number of hydrogen-bond acceptors (Lipinski definition) is 4. The van der Waals surface area contributed by atoms with Crippen LogP contribution in [-0.4, -0.2) is 22.9 Å². The zero-order valence-corrected chi connectivity index (χ0v) is 13.1. The third-order valence-electron chi connectivity index (χ3n) is 4.48. The molecule has 2 aromatic carbocycles. The van der Waals surface area contributed by atoms with E-state index in [4.69, 9.17) is 0 Å². The molecule has 2 heterocycles. The molecule has 0 saturated carbocycles. The van der Waals surface area contributed by atoms with E-state index in [1.54, 1.807) is 0 Å². The fourth-order valence-electron chi connectivity index (χ4n) is 3.41. The van der Waals surface area contributed by atoms with Crippen molar-refractivity contribution in [3.63, 3.8) is 0 Å². The highest BCUT2D eigenvalue weighted by atomic mass is 16.6. The van der Waals surface area contributed by atoms with E-state index in [0.717, 1.165) is 23.4 Å². The van der Waals surface area contributed by atoms with Crippen LogP contribution in [0, 0.1) is 10.1 Å². The van der Waals surface area contributed by atoms with Crippen LogP contribution in [0.4, 0.5) is 0 Å². The van der Waals surface area contributed by atoms with E-state index in [0.29, 0.717) is 12.4 Å². The van der Waals surface area contributed by atoms with Gasteiger partial charge in [0.15, 0.2) is 5.82 Å². The highest BCUT2D eigenvalue weighted by Crippen LogP contribution is 2.40. The van der Waals surface area contributed by atoms with Crippen molar-refractivity contribution in [1.82, 2.24) is 10.2 Å². The first-order valence-corrected chi connectivity index (χ1v) is 7.98. The number of benzene rings is 2. The van der Waals surface area contributed by atoms with Gasteiger partial charge in [-0.05, 0) is 17.2 Å². The first kappa shape index (κ1) is 14.5. The third-order valence-corrected chi connectivity index (χ3v) is 4.48. The van der Waals surface area contributed by atoms with E-state index in [9.17, 15) is 10.1 Å². The molecular weight excluding hydrogens is 302 g/mol. The van der Waals surface area contributed by atoms with Crippen molar-refractivity contribution >= 4 is 5.70 Å². The van der Waals surface area contributed by atoms with Crippen molar-refractivity contribution < 1.29 is 4.92 Å². The Morgan fingerprint density at radius 1 is 1.04 bits per heavy atom. The maximum atomic E-state index is 11.8. The molecule has 0 radical (unpaired) electrons. The topological polar surface area (TPSA) is 58.4 Å². The molecule has 5 heteroatoms. The first-order valence-electron chi connectivity index (χ1n) is 7.98. The maximum Gasteiger partial charge on any atom is 0.297 e. The highest BCUT2D eigenvalue weighted by Gasteiger charge is 2.40. The van der Waals surface area contributed by atoms with Gasteiger partial charge in [0.05, 0.1) is 10.8 Å². The fourth-order valence-corrected chi connectivity index (χ4v) is 3.41. The molecule has 2 aromatic rings. The van der Waals surface area contributed by atoms with Crippen LogP contribution in [0.25, 0.3) is 5.70 Å². The lowest BCUT2D eigenvalue weighted by atomic mass is 9.90. The summed E-state index contributed by atoms with van der Waals surface area (Å²) in [5, 5.41) is 15.0. The smallest absolute Gasteiger partial charge is 0.297 e. The van der Waals surface area contributed by atoms with Crippen molar-refractivity contribution in [2.45, 2.75) is 5.92 Å². The number of allylic oxidation sites excluding steroid dienone is 1. The van der Waals surface area contributed by atoms with Crippen LogP contribution in [0.1, 0.15) is 17.0 Å². The number of nitro groups is 1. The molecule has 2 aliphatic heterocycles. The highest BCUT2D eigenvalue weighted by molar-refractivity contribution is 5.69. The Hall–Kier alpha value is -3.08. The minimum absolute atomic E-state index is 0.221. The summed E-state index contributed by atoms with van der Waals surface area (Å²) in [5.74, 6) is 0.253. The Morgan fingerprint density at radius 3 is 2.38 bits per heavy atom. The number of nitrogens with zero attached hydrogens (tertiary/aromatic N) is 2. The van der Waals surface area contributed by atoms with Gasteiger partial charge in [0, 0.05) is 18.8 Å². The van der Waals surface area contributed by atoms with Crippen molar-refractivity contribution in [3.8, 4) is 0 Å². The monoisotopic (exact) mass is 319 g/mol. The molecule has 1 fully saturated rings. The van der Waals surface area contributed by atoms with Gasteiger partial charge < -0.3 is 10.2 Å². The SMILES string of the molecule is O=[N+]([O-])C1=C2NCCN2C(c2ccccc2)=CC1c1ccccc1. The van der Waals surface area contributed by atoms with Gasteiger partial charge in [-0.3, -0.25) is 10.1 Å². The zero-order valence-electron chi connectivity index (χ0n) is 13.1. The summed E-state index contributed by atoms with van der Waals surface area (Å²) in [6.07, 6.45) is 2.01. The predicted molar refractivity (Wildman–Crippen MR) is 92.3 cm³/mol. The van der Waals surface area contributed by atoms with Crippen LogP contribution in [-0.2, 0) is 0 Å². The molecule has 0 amide bonds. The lowest BCUT2D eigenvalue weighted by Gasteiger charge is -2.29. The Balaban J connectivity index is 1.89. The molecule has 5 nitrogen and oxygen atoms in total. The summed E-state index contributed by atoms with van der Waals surface area (Å²) in [7, 11) is 0. The molecule has 1 N–H and O–H groups in total. The van der Waals surface area contributed by atoms with Crippen molar-refractivity contribution in [1.29, 1.82) is 0 Å². The molecule has 1 saturated heterocycles. The van der Waals surface area contributed by atoms with Crippen molar-refractivity contribution in [2.75, 3.05) is 13.1 Å². The average molecular weight is 319 g/mol. The molecular formula is C19H17N3O2. The number of nitrogens with one attached hydrogen (secondary N) is 1. The molecule has 2 aliphatic rings. The van der Waals surface area contributed by atoms with Crippen LogP contribution in [0.3, 0.4) is 0 Å². The van der Waals surface area contributed by atoms with Gasteiger partial charge in [-0.25, -0.2) is 0 Å². The van der Waals surface area contributed by atoms with E-state index in [1.165, 1.54) is 0 Å². The molecule has 0 aromatic heterocycles. The molecule has 1 unspecified atom stereocenters. The van der Waals surface area contributed by atoms with E-state index in [1.807, 2.05) is 71.6 Å². The summed E-state index contributed by atoms with van der Waals surface area (Å²) in [6, 6.07) is 19.7. The van der Waals surface area contributed by atoms with Gasteiger partial charge in [0.25, 0.3) is 5.70 Å².